The standard InChI is InChI=1S/C18H29NO2/c1-5-21-18-12-16(10-11-17(18)20-4)19-15-8-6-14(7-9-15)13(2)3/h10-15,19H,5-9H2,1-4H3. The van der Waals surface area contributed by atoms with E-state index in [0.717, 1.165) is 29.0 Å². The summed E-state index contributed by atoms with van der Waals surface area (Å²) in [6, 6.07) is 6.70. The molecule has 1 aliphatic carbocycles. The Morgan fingerprint density at radius 2 is 1.86 bits per heavy atom. The minimum atomic E-state index is 0.586. The molecule has 0 radical (unpaired) electrons. The molecule has 1 saturated carbocycles. The number of benzene rings is 1. The highest BCUT2D eigenvalue weighted by Crippen LogP contribution is 2.34. The van der Waals surface area contributed by atoms with Crippen LogP contribution in [0.15, 0.2) is 18.2 Å². The van der Waals surface area contributed by atoms with E-state index in [4.69, 9.17) is 9.47 Å². The summed E-state index contributed by atoms with van der Waals surface area (Å²) in [6.45, 7) is 7.33. The predicted octanol–water partition coefficient (Wildman–Crippen LogP) is 4.72. The normalized spacial score (nSPS) is 22.1. The molecule has 0 atom stereocenters. The van der Waals surface area contributed by atoms with E-state index in [1.54, 1.807) is 7.11 Å². The molecule has 21 heavy (non-hydrogen) atoms. The maximum atomic E-state index is 5.64. The molecule has 0 aliphatic heterocycles. The molecule has 118 valence electrons. The maximum Gasteiger partial charge on any atom is 0.163 e. The molecule has 3 nitrogen and oxygen atoms in total. The predicted molar refractivity (Wildman–Crippen MR) is 88.4 cm³/mol. The third kappa shape index (κ3) is 4.29. The molecule has 0 unspecified atom stereocenters. The van der Waals surface area contributed by atoms with Gasteiger partial charge in [-0.3, -0.25) is 0 Å². The Labute approximate surface area is 129 Å². The fourth-order valence-corrected chi connectivity index (χ4v) is 3.20. The van der Waals surface area contributed by atoms with Crippen LogP contribution in [0.25, 0.3) is 0 Å². The number of rotatable bonds is 6. The molecule has 0 amide bonds. The monoisotopic (exact) mass is 291 g/mol. The first kappa shape index (κ1) is 16.0. The lowest BCUT2D eigenvalue weighted by Crippen LogP contribution is -2.27. The van der Waals surface area contributed by atoms with Crippen molar-refractivity contribution in [1.82, 2.24) is 0 Å². The summed E-state index contributed by atoms with van der Waals surface area (Å²) in [5.41, 5.74) is 1.13. The van der Waals surface area contributed by atoms with Gasteiger partial charge >= 0.3 is 0 Å². The Hall–Kier alpha value is -1.38. The van der Waals surface area contributed by atoms with Crippen molar-refractivity contribution in [2.75, 3.05) is 19.0 Å². The van der Waals surface area contributed by atoms with Gasteiger partial charge in [0.05, 0.1) is 13.7 Å². The van der Waals surface area contributed by atoms with Crippen molar-refractivity contribution in [1.29, 1.82) is 0 Å². The summed E-state index contributed by atoms with van der Waals surface area (Å²) in [5, 5.41) is 3.65. The Balaban J connectivity index is 1.95. The molecule has 1 N–H and O–H groups in total. The van der Waals surface area contributed by atoms with Crippen molar-refractivity contribution < 1.29 is 9.47 Å². The van der Waals surface area contributed by atoms with E-state index in [1.807, 2.05) is 13.0 Å². The Kier molecular flexibility index (Phi) is 5.77. The summed E-state index contributed by atoms with van der Waals surface area (Å²) in [5.74, 6) is 3.33. The van der Waals surface area contributed by atoms with Crippen molar-refractivity contribution in [2.24, 2.45) is 11.8 Å². The smallest absolute Gasteiger partial charge is 0.163 e. The van der Waals surface area contributed by atoms with Gasteiger partial charge in [0.1, 0.15) is 0 Å². The lowest BCUT2D eigenvalue weighted by Gasteiger charge is -2.32. The fourth-order valence-electron chi connectivity index (χ4n) is 3.20. The summed E-state index contributed by atoms with van der Waals surface area (Å²) in [7, 11) is 1.68. The zero-order valence-corrected chi connectivity index (χ0v) is 13.8. The second kappa shape index (κ2) is 7.58. The number of hydrogen-bond acceptors (Lipinski definition) is 3. The Bertz CT molecular complexity index is 437. The van der Waals surface area contributed by atoms with Crippen molar-refractivity contribution >= 4 is 5.69 Å². The van der Waals surface area contributed by atoms with E-state index in [-0.39, 0.29) is 0 Å². The summed E-state index contributed by atoms with van der Waals surface area (Å²) < 4.78 is 11.0. The molecule has 0 spiro atoms. The summed E-state index contributed by atoms with van der Waals surface area (Å²) >= 11 is 0. The molecule has 2 rings (SSSR count). The average molecular weight is 291 g/mol. The zero-order chi connectivity index (χ0) is 15.2. The van der Waals surface area contributed by atoms with E-state index < -0.39 is 0 Å². The van der Waals surface area contributed by atoms with Gasteiger partial charge in [-0.25, -0.2) is 0 Å². The van der Waals surface area contributed by atoms with Crippen LogP contribution in [0.3, 0.4) is 0 Å². The highest BCUT2D eigenvalue weighted by molar-refractivity contribution is 5.55. The van der Waals surface area contributed by atoms with Gasteiger partial charge in [-0.2, -0.15) is 0 Å². The molecule has 1 fully saturated rings. The number of anilines is 1. The van der Waals surface area contributed by atoms with Crippen LogP contribution in [0, 0.1) is 11.8 Å². The Morgan fingerprint density at radius 3 is 2.43 bits per heavy atom. The topological polar surface area (TPSA) is 30.5 Å². The van der Waals surface area contributed by atoms with Crippen LogP contribution in [-0.4, -0.2) is 19.8 Å². The van der Waals surface area contributed by atoms with Crippen LogP contribution in [-0.2, 0) is 0 Å². The van der Waals surface area contributed by atoms with Crippen LogP contribution in [0.5, 0.6) is 11.5 Å². The van der Waals surface area contributed by atoms with Gasteiger partial charge in [-0.15, -0.1) is 0 Å². The lowest BCUT2D eigenvalue weighted by atomic mass is 9.79. The second-order valence-electron chi connectivity index (χ2n) is 6.30. The quantitative estimate of drug-likeness (QED) is 0.822. The molecule has 0 saturated heterocycles. The highest BCUT2D eigenvalue weighted by atomic mass is 16.5. The largest absolute Gasteiger partial charge is 0.493 e. The van der Waals surface area contributed by atoms with Gasteiger partial charge in [0.25, 0.3) is 0 Å². The molecular formula is C18H29NO2. The number of nitrogens with one attached hydrogen (secondary N) is 1. The number of methoxy groups -OCH3 is 1. The maximum absolute atomic E-state index is 5.64. The second-order valence-corrected chi connectivity index (χ2v) is 6.30. The lowest BCUT2D eigenvalue weighted by molar-refractivity contribution is 0.267. The van der Waals surface area contributed by atoms with E-state index in [0.29, 0.717) is 12.6 Å². The first-order valence-electron chi connectivity index (χ1n) is 8.21. The van der Waals surface area contributed by atoms with E-state index in [1.165, 1.54) is 25.7 Å². The average Bonchev–Trinajstić information content (AvgIpc) is 2.48. The van der Waals surface area contributed by atoms with Crippen molar-refractivity contribution in [2.45, 2.75) is 52.5 Å². The SMILES string of the molecule is CCOc1cc(NC2CCC(C(C)C)CC2)ccc1OC. The van der Waals surface area contributed by atoms with Gasteiger partial charge in [0.2, 0.25) is 0 Å². The summed E-state index contributed by atoms with van der Waals surface area (Å²) in [6.07, 6.45) is 5.20. The molecule has 3 heteroatoms. The van der Waals surface area contributed by atoms with Crippen LogP contribution in [0.4, 0.5) is 5.69 Å². The molecule has 0 heterocycles. The van der Waals surface area contributed by atoms with Gasteiger partial charge in [0, 0.05) is 17.8 Å². The van der Waals surface area contributed by atoms with Gasteiger partial charge in [-0.1, -0.05) is 13.8 Å². The third-order valence-electron chi connectivity index (χ3n) is 4.55. The molecule has 1 aromatic carbocycles. The van der Waals surface area contributed by atoms with E-state index >= 15 is 0 Å². The van der Waals surface area contributed by atoms with Crippen LogP contribution in [0.2, 0.25) is 0 Å². The minimum absolute atomic E-state index is 0.586. The van der Waals surface area contributed by atoms with Crippen LogP contribution < -0.4 is 14.8 Å². The fraction of sp³-hybridized carbons (Fsp3) is 0.667. The third-order valence-corrected chi connectivity index (χ3v) is 4.55. The number of ether oxygens (including phenoxy) is 2. The minimum Gasteiger partial charge on any atom is -0.493 e. The van der Waals surface area contributed by atoms with Gasteiger partial charge in [-0.05, 0) is 56.6 Å². The van der Waals surface area contributed by atoms with E-state index in [2.05, 4.69) is 31.3 Å². The molecule has 1 aliphatic rings. The van der Waals surface area contributed by atoms with Crippen LogP contribution >= 0.6 is 0 Å². The van der Waals surface area contributed by atoms with Gasteiger partial charge < -0.3 is 14.8 Å². The van der Waals surface area contributed by atoms with Crippen molar-refractivity contribution in [3.05, 3.63) is 18.2 Å². The van der Waals surface area contributed by atoms with E-state index in [9.17, 15) is 0 Å². The zero-order valence-electron chi connectivity index (χ0n) is 13.8. The van der Waals surface area contributed by atoms with Crippen molar-refractivity contribution in [3.8, 4) is 11.5 Å². The first-order valence-corrected chi connectivity index (χ1v) is 8.21. The molecule has 0 aromatic heterocycles. The summed E-state index contributed by atoms with van der Waals surface area (Å²) in [4.78, 5) is 0. The van der Waals surface area contributed by atoms with Gasteiger partial charge in [0.15, 0.2) is 11.5 Å². The highest BCUT2D eigenvalue weighted by Gasteiger charge is 2.23. The Morgan fingerprint density at radius 1 is 1.14 bits per heavy atom. The van der Waals surface area contributed by atoms with Crippen molar-refractivity contribution in [3.63, 3.8) is 0 Å². The van der Waals surface area contributed by atoms with Crippen LogP contribution in [0.1, 0.15) is 46.5 Å². The number of hydrogen-bond donors (Lipinski definition) is 1. The molecular weight excluding hydrogens is 262 g/mol. The molecule has 1 aromatic rings. The molecule has 0 bridgehead atoms. The first-order chi connectivity index (χ1) is 10.1.